The van der Waals surface area contributed by atoms with Gasteiger partial charge in [-0.05, 0) is 53.9 Å². The summed E-state index contributed by atoms with van der Waals surface area (Å²) in [5, 5.41) is 11.8. The van der Waals surface area contributed by atoms with Gasteiger partial charge in [0.25, 0.3) is 5.91 Å². The topological polar surface area (TPSA) is 73.0 Å². The number of nitrogens with one attached hydrogen (secondary N) is 1. The molecule has 4 rings (SSSR count). The summed E-state index contributed by atoms with van der Waals surface area (Å²) in [5.74, 6) is 0.444. The number of aromatic nitrogens is 3. The fraction of sp³-hybridized carbons (Fsp3) is 0.150. The largest absolute Gasteiger partial charge is 0.459 e. The van der Waals surface area contributed by atoms with E-state index >= 15 is 0 Å². The van der Waals surface area contributed by atoms with Crippen LogP contribution in [-0.2, 0) is 0 Å². The van der Waals surface area contributed by atoms with Crippen LogP contribution in [0.15, 0.2) is 65.3 Å². The zero-order valence-electron chi connectivity index (χ0n) is 14.5. The number of anilines is 1. The van der Waals surface area contributed by atoms with Crippen molar-refractivity contribution in [3.63, 3.8) is 0 Å². The molecule has 0 saturated carbocycles. The van der Waals surface area contributed by atoms with E-state index in [2.05, 4.69) is 41.5 Å². The summed E-state index contributed by atoms with van der Waals surface area (Å²) in [6.07, 6.45) is 1.47. The lowest BCUT2D eigenvalue weighted by Crippen LogP contribution is -2.10. The van der Waals surface area contributed by atoms with E-state index in [1.807, 2.05) is 18.2 Å². The van der Waals surface area contributed by atoms with Gasteiger partial charge in [0.15, 0.2) is 5.76 Å². The Balaban J connectivity index is 1.60. The third-order valence-electron chi connectivity index (χ3n) is 4.17. The molecule has 2 aromatic heterocycles. The van der Waals surface area contributed by atoms with Crippen molar-refractivity contribution in [2.45, 2.75) is 19.8 Å². The van der Waals surface area contributed by atoms with E-state index in [1.54, 1.807) is 29.1 Å². The molecule has 1 amide bonds. The van der Waals surface area contributed by atoms with Crippen molar-refractivity contribution in [2.24, 2.45) is 0 Å². The second-order valence-electron chi connectivity index (χ2n) is 6.37. The maximum Gasteiger partial charge on any atom is 0.291 e. The molecular weight excluding hydrogens is 328 g/mol. The minimum Gasteiger partial charge on any atom is -0.459 e. The molecule has 0 unspecified atom stereocenters. The number of benzene rings is 2. The van der Waals surface area contributed by atoms with E-state index in [1.165, 1.54) is 11.8 Å². The Labute approximate surface area is 150 Å². The Kier molecular flexibility index (Phi) is 4.01. The van der Waals surface area contributed by atoms with Gasteiger partial charge in [0.2, 0.25) is 0 Å². The van der Waals surface area contributed by atoms with Gasteiger partial charge in [0.05, 0.1) is 12.0 Å². The summed E-state index contributed by atoms with van der Waals surface area (Å²) in [5.41, 5.74) is 4.27. The van der Waals surface area contributed by atoms with Gasteiger partial charge in [-0.1, -0.05) is 26.0 Å². The minimum atomic E-state index is -0.300. The van der Waals surface area contributed by atoms with Crippen molar-refractivity contribution in [1.29, 1.82) is 0 Å². The standard InChI is InChI=1S/C20H18N4O2/c1-13(2)14-5-8-16(9-6-14)24-22-17-10-7-15(12-18(17)23-24)21-20(25)19-4-3-11-26-19/h3-13H,1-2H3,(H,21,25). The Morgan fingerprint density at radius 2 is 1.81 bits per heavy atom. The molecule has 0 spiro atoms. The van der Waals surface area contributed by atoms with Crippen LogP contribution < -0.4 is 5.32 Å². The number of hydrogen-bond donors (Lipinski definition) is 1. The van der Waals surface area contributed by atoms with E-state index in [0.29, 0.717) is 17.1 Å². The van der Waals surface area contributed by atoms with Crippen LogP contribution in [0.4, 0.5) is 5.69 Å². The van der Waals surface area contributed by atoms with Gasteiger partial charge < -0.3 is 9.73 Å². The normalized spacial score (nSPS) is 11.2. The Bertz CT molecular complexity index is 1050. The molecule has 1 N–H and O–H groups in total. The molecule has 6 heteroatoms. The molecular formula is C20H18N4O2. The van der Waals surface area contributed by atoms with Crippen LogP contribution >= 0.6 is 0 Å². The number of rotatable bonds is 4. The lowest BCUT2D eigenvalue weighted by atomic mass is 10.0. The fourth-order valence-corrected chi connectivity index (χ4v) is 2.70. The van der Waals surface area contributed by atoms with Crippen LogP contribution in [0.2, 0.25) is 0 Å². The minimum absolute atomic E-state index is 0.263. The number of nitrogens with zero attached hydrogens (tertiary/aromatic N) is 3. The Hall–Kier alpha value is -3.41. The van der Waals surface area contributed by atoms with Crippen LogP contribution in [0.25, 0.3) is 16.7 Å². The van der Waals surface area contributed by atoms with Crippen molar-refractivity contribution in [3.05, 3.63) is 72.2 Å². The number of fused-ring (bicyclic) bond motifs is 1. The fourth-order valence-electron chi connectivity index (χ4n) is 2.70. The van der Waals surface area contributed by atoms with Crippen molar-refractivity contribution in [1.82, 2.24) is 15.0 Å². The molecule has 0 saturated heterocycles. The lowest BCUT2D eigenvalue weighted by Gasteiger charge is -2.05. The molecule has 4 aromatic rings. The average molecular weight is 346 g/mol. The molecule has 0 radical (unpaired) electrons. The van der Waals surface area contributed by atoms with Crippen molar-refractivity contribution >= 4 is 22.6 Å². The monoisotopic (exact) mass is 346 g/mol. The van der Waals surface area contributed by atoms with E-state index in [0.717, 1.165) is 11.2 Å². The first-order chi connectivity index (χ1) is 12.6. The highest BCUT2D eigenvalue weighted by molar-refractivity contribution is 6.03. The zero-order chi connectivity index (χ0) is 18.1. The molecule has 26 heavy (non-hydrogen) atoms. The third-order valence-corrected chi connectivity index (χ3v) is 4.17. The summed E-state index contributed by atoms with van der Waals surface area (Å²) in [6.45, 7) is 4.32. The van der Waals surface area contributed by atoms with Gasteiger partial charge in [-0.15, -0.1) is 10.2 Å². The van der Waals surface area contributed by atoms with Gasteiger partial charge in [0.1, 0.15) is 11.0 Å². The molecule has 130 valence electrons. The molecule has 0 fully saturated rings. The molecule has 0 aliphatic carbocycles. The van der Waals surface area contributed by atoms with Crippen LogP contribution in [0.1, 0.15) is 35.9 Å². The van der Waals surface area contributed by atoms with Gasteiger partial charge in [0, 0.05) is 5.69 Å². The first-order valence-corrected chi connectivity index (χ1v) is 8.42. The highest BCUT2D eigenvalue weighted by Gasteiger charge is 2.11. The second kappa shape index (κ2) is 6.48. The molecule has 0 aliphatic rings. The van der Waals surface area contributed by atoms with Crippen LogP contribution in [0, 0.1) is 0 Å². The van der Waals surface area contributed by atoms with Crippen molar-refractivity contribution < 1.29 is 9.21 Å². The predicted octanol–water partition coefficient (Wildman–Crippen LogP) is 4.39. The van der Waals surface area contributed by atoms with E-state index < -0.39 is 0 Å². The number of carbonyl (C=O) groups excluding carboxylic acids is 1. The number of carbonyl (C=O) groups is 1. The van der Waals surface area contributed by atoms with Gasteiger partial charge in [-0.2, -0.15) is 4.80 Å². The van der Waals surface area contributed by atoms with Crippen molar-refractivity contribution in [2.75, 3.05) is 5.32 Å². The zero-order valence-corrected chi connectivity index (χ0v) is 14.5. The van der Waals surface area contributed by atoms with E-state index in [-0.39, 0.29) is 11.7 Å². The van der Waals surface area contributed by atoms with Crippen LogP contribution in [0.5, 0.6) is 0 Å². The molecule has 0 bridgehead atoms. The van der Waals surface area contributed by atoms with E-state index in [9.17, 15) is 4.79 Å². The summed E-state index contributed by atoms with van der Waals surface area (Å²) in [4.78, 5) is 13.7. The lowest BCUT2D eigenvalue weighted by molar-refractivity contribution is 0.0996. The quantitative estimate of drug-likeness (QED) is 0.595. The summed E-state index contributed by atoms with van der Waals surface area (Å²) in [7, 11) is 0. The first kappa shape index (κ1) is 16.1. The summed E-state index contributed by atoms with van der Waals surface area (Å²) in [6, 6.07) is 16.9. The van der Waals surface area contributed by atoms with Crippen LogP contribution in [0.3, 0.4) is 0 Å². The highest BCUT2D eigenvalue weighted by atomic mass is 16.3. The van der Waals surface area contributed by atoms with E-state index in [4.69, 9.17) is 4.42 Å². The Morgan fingerprint density at radius 3 is 2.50 bits per heavy atom. The first-order valence-electron chi connectivity index (χ1n) is 8.42. The maximum absolute atomic E-state index is 12.1. The number of hydrogen-bond acceptors (Lipinski definition) is 4. The average Bonchev–Trinajstić information content (AvgIpc) is 3.31. The molecule has 0 atom stereocenters. The predicted molar refractivity (Wildman–Crippen MR) is 99.6 cm³/mol. The molecule has 0 aliphatic heterocycles. The molecule has 6 nitrogen and oxygen atoms in total. The summed E-state index contributed by atoms with van der Waals surface area (Å²) < 4.78 is 5.10. The van der Waals surface area contributed by atoms with Crippen LogP contribution in [-0.4, -0.2) is 20.9 Å². The number of amides is 1. The smallest absolute Gasteiger partial charge is 0.291 e. The second-order valence-corrected chi connectivity index (χ2v) is 6.37. The molecule has 2 aromatic carbocycles. The van der Waals surface area contributed by atoms with Gasteiger partial charge >= 0.3 is 0 Å². The third kappa shape index (κ3) is 3.09. The van der Waals surface area contributed by atoms with Crippen molar-refractivity contribution in [3.8, 4) is 5.69 Å². The Morgan fingerprint density at radius 1 is 1.04 bits per heavy atom. The van der Waals surface area contributed by atoms with Gasteiger partial charge in [-0.25, -0.2) is 0 Å². The summed E-state index contributed by atoms with van der Waals surface area (Å²) >= 11 is 0. The van der Waals surface area contributed by atoms with Gasteiger partial charge in [-0.3, -0.25) is 4.79 Å². The SMILES string of the molecule is CC(C)c1ccc(-n2nc3ccc(NC(=O)c4ccco4)cc3n2)cc1. The molecule has 2 heterocycles. The maximum atomic E-state index is 12.1. The highest BCUT2D eigenvalue weighted by Crippen LogP contribution is 2.20. The number of furan rings is 1.